The molecule has 1 aromatic rings. The number of aromatic nitrogens is 1. The molecule has 0 saturated heterocycles. The maximum Gasteiger partial charge on any atom is 0.115 e. The van der Waals surface area contributed by atoms with Crippen molar-refractivity contribution in [2.75, 3.05) is 0 Å². The van der Waals surface area contributed by atoms with Crippen molar-refractivity contribution in [3.05, 3.63) is 18.3 Å². The van der Waals surface area contributed by atoms with Gasteiger partial charge in [0.05, 0.1) is 0 Å². The predicted molar refractivity (Wildman–Crippen MR) is 71.5 cm³/mol. The summed E-state index contributed by atoms with van der Waals surface area (Å²) in [6.07, 6.45) is 2.07. The topological polar surface area (TPSA) is 15.8 Å². The summed E-state index contributed by atoms with van der Waals surface area (Å²) in [6, 6.07) is 4.44. The second-order valence-corrected chi connectivity index (χ2v) is 11.3. The molecule has 1 nitrogen and oxygen atoms in total. The minimum Gasteiger partial charge on any atom is -0.369 e. The third-order valence-electron chi connectivity index (χ3n) is 3.93. The fraction of sp³-hybridized carbons (Fsp3) is 0.692. The van der Waals surface area contributed by atoms with Crippen LogP contribution in [0.1, 0.15) is 41.5 Å². The molecular formula is C13H25NSi. The van der Waals surface area contributed by atoms with Gasteiger partial charge in [-0.1, -0.05) is 41.5 Å². The molecule has 0 bridgehead atoms. The molecule has 1 heterocycles. The van der Waals surface area contributed by atoms with Gasteiger partial charge in [0.1, 0.15) is 8.07 Å². The van der Waals surface area contributed by atoms with E-state index in [0.29, 0.717) is 0 Å². The second kappa shape index (κ2) is 4.56. The van der Waals surface area contributed by atoms with Crippen molar-refractivity contribution in [2.45, 2.75) is 58.2 Å². The Labute approximate surface area is 95.3 Å². The van der Waals surface area contributed by atoms with Gasteiger partial charge < -0.3 is 4.98 Å². The molecule has 1 aromatic heterocycles. The molecule has 0 aliphatic carbocycles. The van der Waals surface area contributed by atoms with E-state index >= 15 is 0 Å². The Morgan fingerprint density at radius 2 is 1.40 bits per heavy atom. The summed E-state index contributed by atoms with van der Waals surface area (Å²) in [4.78, 5) is 3.48. The lowest BCUT2D eigenvalue weighted by molar-refractivity contribution is 0.832. The van der Waals surface area contributed by atoms with Crippen molar-refractivity contribution >= 4 is 13.4 Å². The van der Waals surface area contributed by atoms with E-state index in [-0.39, 0.29) is 0 Å². The van der Waals surface area contributed by atoms with Gasteiger partial charge in [0.15, 0.2) is 0 Å². The van der Waals surface area contributed by atoms with Gasteiger partial charge in [-0.15, -0.1) is 0 Å². The van der Waals surface area contributed by atoms with Crippen molar-refractivity contribution in [1.29, 1.82) is 0 Å². The molecule has 0 aliphatic rings. The molecule has 86 valence electrons. The molecule has 2 heteroatoms. The molecule has 15 heavy (non-hydrogen) atoms. The third kappa shape index (κ3) is 1.92. The van der Waals surface area contributed by atoms with Crippen LogP contribution in [0.25, 0.3) is 0 Å². The minimum absolute atomic E-state index is 0.788. The summed E-state index contributed by atoms with van der Waals surface area (Å²) in [5.41, 5.74) is 2.36. The molecule has 0 spiro atoms. The predicted octanol–water partition coefficient (Wildman–Crippen LogP) is 3.90. The monoisotopic (exact) mass is 223 g/mol. The van der Waals surface area contributed by atoms with E-state index in [1.165, 1.54) is 5.32 Å². The first-order chi connectivity index (χ1) is 6.94. The third-order valence-corrected chi connectivity index (χ3v) is 10.9. The van der Waals surface area contributed by atoms with Crippen LogP contribution in [-0.4, -0.2) is 13.1 Å². The SMILES string of the molecule is CC(C)[Si](c1ccc[nH]1)(C(C)C)C(C)C. The molecule has 1 rings (SSSR count). The summed E-state index contributed by atoms with van der Waals surface area (Å²) in [5.74, 6) is 0. The lowest BCUT2D eigenvalue weighted by Crippen LogP contribution is -2.56. The molecule has 0 radical (unpaired) electrons. The molecule has 0 fully saturated rings. The Balaban J connectivity index is 3.27. The van der Waals surface area contributed by atoms with Gasteiger partial charge in [-0.2, -0.15) is 0 Å². The maximum atomic E-state index is 3.48. The van der Waals surface area contributed by atoms with Gasteiger partial charge in [0, 0.05) is 6.20 Å². The Morgan fingerprint density at radius 1 is 0.933 bits per heavy atom. The quantitative estimate of drug-likeness (QED) is 0.745. The van der Waals surface area contributed by atoms with Crippen LogP contribution in [0.5, 0.6) is 0 Å². The van der Waals surface area contributed by atoms with Gasteiger partial charge in [0.2, 0.25) is 0 Å². The second-order valence-electron chi connectivity index (χ2n) is 5.48. The van der Waals surface area contributed by atoms with Crippen LogP contribution in [0, 0.1) is 0 Å². The number of H-pyrrole nitrogens is 1. The van der Waals surface area contributed by atoms with E-state index in [4.69, 9.17) is 0 Å². The summed E-state index contributed by atoms with van der Waals surface area (Å²) >= 11 is 0. The van der Waals surface area contributed by atoms with Crippen LogP contribution in [0.3, 0.4) is 0 Å². The zero-order chi connectivity index (χ0) is 11.6. The van der Waals surface area contributed by atoms with Crippen LogP contribution in [-0.2, 0) is 0 Å². The average molecular weight is 223 g/mol. The van der Waals surface area contributed by atoms with E-state index in [9.17, 15) is 0 Å². The highest BCUT2D eigenvalue weighted by molar-refractivity contribution is 6.94. The standard InChI is InChI=1S/C13H25NSi/c1-10(2)15(11(3)4,12(5)6)13-8-7-9-14-13/h7-12,14H,1-6H3. The van der Waals surface area contributed by atoms with Crippen molar-refractivity contribution < 1.29 is 0 Å². The number of hydrogen-bond acceptors (Lipinski definition) is 0. The molecule has 0 aliphatic heterocycles. The Kier molecular flexibility index (Phi) is 3.82. The number of aromatic amines is 1. The first-order valence-corrected chi connectivity index (χ1v) is 8.31. The van der Waals surface area contributed by atoms with Gasteiger partial charge >= 0.3 is 0 Å². The van der Waals surface area contributed by atoms with Crippen molar-refractivity contribution in [2.24, 2.45) is 0 Å². The largest absolute Gasteiger partial charge is 0.369 e. The number of nitrogens with one attached hydrogen (secondary N) is 1. The summed E-state index contributed by atoms with van der Waals surface area (Å²) < 4.78 is 0. The zero-order valence-corrected chi connectivity index (χ0v) is 12.0. The molecule has 0 aromatic carbocycles. The minimum atomic E-state index is -1.41. The molecule has 0 amide bonds. The van der Waals surface area contributed by atoms with Crippen molar-refractivity contribution in [1.82, 2.24) is 4.98 Å². The number of hydrogen-bond donors (Lipinski definition) is 1. The van der Waals surface area contributed by atoms with Crippen molar-refractivity contribution in [3.8, 4) is 0 Å². The fourth-order valence-corrected chi connectivity index (χ4v) is 10.1. The molecule has 0 atom stereocenters. The summed E-state index contributed by atoms with van der Waals surface area (Å²) in [6.45, 7) is 14.4. The first-order valence-electron chi connectivity index (χ1n) is 6.07. The highest BCUT2D eigenvalue weighted by Gasteiger charge is 2.45. The van der Waals surface area contributed by atoms with E-state index < -0.39 is 8.07 Å². The Morgan fingerprint density at radius 3 is 1.67 bits per heavy atom. The molecule has 0 saturated carbocycles. The molecule has 1 N–H and O–H groups in total. The highest BCUT2D eigenvalue weighted by Crippen LogP contribution is 2.40. The maximum absolute atomic E-state index is 3.48. The van der Waals surface area contributed by atoms with Crippen LogP contribution < -0.4 is 5.32 Å². The zero-order valence-electron chi connectivity index (χ0n) is 11.0. The van der Waals surface area contributed by atoms with E-state index in [1.807, 2.05) is 0 Å². The molecular weight excluding hydrogens is 198 g/mol. The summed E-state index contributed by atoms with van der Waals surface area (Å²) in [5, 5.41) is 1.53. The number of rotatable bonds is 4. The van der Waals surface area contributed by atoms with Gasteiger partial charge in [-0.05, 0) is 34.1 Å². The lowest BCUT2D eigenvalue weighted by atomic mass is 10.5. The lowest BCUT2D eigenvalue weighted by Gasteiger charge is -2.42. The van der Waals surface area contributed by atoms with Crippen LogP contribution in [0.2, 0.25) is 16.6 Å². The Hall–Kier alpha value is -0.503. The van der Waals surface area contributed by atoms with E-state index in [2.05, 4.69) is 64.9 Å². The van der Waals surface area contributed by atoms with E-state index in [1.54, 1.807) is 0 Å². The van der Waals surface area contributed by atoms with Crippen LogP contribution in [0.4, 0.5) is 0 Å². The molecule has 0 unspecified atom stereocenters. The van der Waals surface area contributed by atoms with E-state index in [0.717, 1.165) is 16.6 Å². The van der Waals surface area contributed by atoms with Crippen LogP contribution >= 0.6 is 0 Å². The van der Waals surface area contributed by atoms with Crippen molar-refractivity contribution in [3.63, 3.8) is 0 Å². The Bertz CT molecular complexity index is 264. The first kappa shape index (κ1) is 12.6. The van der Waals surface area contributed by atoms with Gasteiger partial charge in [-0.3, -0.25) is 0 Å². The average Bonchev–Trinajstić information content (AvgIpc) is 2.55. The van der Waals surface area contributed by atoms with Crippen LogP contribution in [0.15, 0.2) is 18.3 Å². The van der Waals surface area contributed by atoms with Gasteiger partial charge in [-0.25, -0.2) is 0 Å². The smallest absolute Gasteiger partial charge is 0.115 e. The normalized spacial score (nSPS) is 13.1. The highest BCUT2D eigenvalue weighted by atomic mass is 28.3. The fourth-order valence-electron chi connectivity index (χ4n) is 3.53. The summed E-state index contributed by atoms with van der Waals surface area (Å²) in [7, 11) is -1.41. The van der Waals surface area contributed by atoms with Gasteiger partial charge in [0.25, 0.3) is 0 Å².